The van der Waals surface area contributed by atoms with Gasteiger partial charge in [0.1, 0.15) is 6.07 Å². The SMILES string of the molecule is CC(OC(=O)c1c2c(nc3ccccc13)CCCCC2)C(=O)Nc1ccccc1C#N. The van der Waals surface area contributed by atoms with E-state index in [-0.39, 0.29) is 0 Å². The summed E-state index contributed by atoms with van der Waals surface area (Å²) in [6.07, 6.45) is 3.72. The zero-order chi connectivity index (χ0) is 21.8. The third-order valence-electron chi connectivity index (χ3n) is 5.58. The van der Waals surface area contributed by atoms with Gasteiger partial charge >= 0.3 is 5.97 Å². The van der Waals surface area contributed by atoms with Crippen molar-refractivity contribution in [3.8, 4) is 6.07 Å². The first-order chi connectivity index (χ1) is 15.1. The molecule has 1 aromatic heterocycles. The highest BCUT2D eigenvalue weighted by atomic mass is 16.5. The van der Waals surface area contributed by atoms with Gasteiger partial charge in [-0.3, -0.25) is 9.78 Å². The van der Waals surface area contributed by atoms with E-state index in [1.807, 2.05) is 30.3 Å². The molecule has 3 aromatic rings. The van der Waals surface area contributed by atoms with Gasteiger partial charge in [-0.25, -0.2) is 4.79 Å². The summed E-state index contributed by atoms with van der Waals surface area (Å²) in [4.78, 5) is 30.7. The highest BCUT2D eigenvalue weighted by Crippen LogP contribution is 2.29. The number of benzene rings is 2. The molecular weight excluding hydrogens is 390 g/mol. The Morgan fingerprint density at radius 3 is 2.65 bits per heavy atom. The highest BCUT2D eigenvalue weighted by molar-refractivity contribution is 6.06. The molecule has 6 nitrogen and oxygen atoms in total. The number of carbonyl (C=O) groups is 2. The minimum absolute atomic E-state index is 0.347. The van der Waals surface area contributed by atoms with Crippen LogP contribution in [0.4, 0.5) is 5.69 Å². The van der Waals surface area contributed by atoms with E-state index < -0.39 is 18.0 Å². The molecule has 0 spiro atoms. The maximum Gasteiger partial charge on any atom is 0.339 e. The quantitative estimate of drug-likeness (QED) is 0.500. The molecule has 4 rings (SSSR count). The Kier molecular flexibility index (Phi) is 5.94. The molecule has 0 saturated heterocycles. The molecule has 1 unspecified atom stereocenters. The van der Waals surface area contributed by atoms with Gasteiger partial charge in [-0.1, -0.05) is 36.8 Å². The summed E-state index contributed by atoms with van der Waals surface area (Å²) in [5, 5.41) is 12.6. The molecule has 1 aliphatic carbocycles. The number of esters is 1. The predicted octanol–water partition coefficient (Wildman–Crippen LogP) is 4.56. The summed E-state index contributed by atoms with van der Waals surface area (Å²) in [5.41, 5.74) is 3.89. The van der Waals surface area contributed by atoms with Crippen LogP contribution in [-0.2, 0) is 22.4 Å². The number of rotatable bonds is 4. The number of pyridine rings is 1. The van der Waals surface area contributed by atoms with Crippen molar-refractivity contribution in [2.24, 2.45) is 0 Å². The summed E-state index contributed by atoms with van der Waals surface area (Å²) < 4.78 is 5.60. The second kappa shape index (κ2) is 8.97. The second-order valence-electron chi connectivity index (χ2n) is 7.68. The largest absolute Gasteiger partial charge is 0.449 e. The van der Waals surface area contributed by atoms with Crippen molar-refractivity contribution in [3.05, 3.63) is 70.9 Å². The number of nitrogens with one attached hydrogen (secondary N) is 1. The first-order valence-electron chi connectivity index (χ1n) is 10.5. The van der Waals surface area contributed by atoms with Crippen LogP contribution < -0.4 is 5.32 Å². The van der Waals surface area contributed by atoms with Crippen LogP contribution in [0.2, 0.25) is 0 Å². The molecule has 31 heavy (non-hydrogen) atoms. The molecule has 1 N–H and O–H groups in total. The molecule has 6 heteroatoms. The average molecular weight is 413 g/mol. The lowest BCUT2D eigenvalue weighted by molar-refractivity contribution is -0.123. The van der Waals surface area contributed by atoms with Crippen molar-refractivity contribution in [2.45, 2.75) is 45.1 Å². The molecule has 1 heterocycles. The van der Waals surface area contributed by atoms with Gasteiger partial charge in [0, 0.05) is 11.1 Å². The van der Waals surface area contributed by atoms with E-state index >= 15 is 0 Å². The number of anilines is 1. The van der Waals surface area contributed by atoms with Crippen molar-refractivity contribution in [1.82, 2.24) is 4.98 Å². The Hall–Kier alpha value is -3.72. The number of aryl methyl sites for hydroxylation is 1. The third-order valence-corrected chi connectivity index (χ3v) is 5.58. The summed E-state index contributed by atoms with van der Waals surface area (Å²) in [6.45, 7) is 1.53. The van der Waals surface area contributed by atoms with E-state index in [0.717, 1.165) is 54.3 Å². The Bertz CT molecular complexity index is 1200. The molecule has 0 radical (unpaired) electrons. The number of amides is 1. The summed E-state index contributed by atoms with van der Waals surface area (Å²) >= 11 is 0. The second-order valence-corrected chi connectivity index (χ2v) is 7.68. The normalized spacial score (nSPS) is 14.1. The van der Waals surface area contributed by atoms with Gasteiger partial charge in [-0.05, 0) is 56.4 Å². The summed E-state index contributed by atoms with van der Waals surface area (Å²) in [5.74, 6) is -1.01. The lowest BCUT2D eigenvalue weighted by Crippen LogP contribution is -2.30. The molecule has 156 valence electrons. The maximum absolute atomic E-state index is 13.3. The summed E-state index contributed by atoms with van der Waals surface area (Å²) in [7, 11) is 0. The van der Waals surface area contributed by atoms with E-state index in [1.54, 1.807) is 24.3 Å². The molecule has 0 saturated carbocycles. The number of para-hydroxylation sites is 2. The Morgan fingerprint density at radius 2 is 1.81 bits per heavy atom. The highest BCUT2D eigenvalue weighted by Gasteiger charge is 2.26. The van der Waals surface area contributed by atoms with Crippen LogP contribution in [0, 0.1) is 11.3 Å². The van der Waals surface area contributed by atoms with Crippen LogP contribution in [0.25, 0.3) is 10.9 Å². The van der Waals surface area contributed by atoms with Gasteiger partial charge in [-0.2, -0.15) is 5.26 Å². The Balaban J connectivity index is 1.62. The smallest absolute Gasteiger partial charge is 0.339 e. The van der Waals surface area contributed by atoms with E-state index in [0.29, 0.717) is 16.8 Å². The third kappa shape index (κ3) is 4.26. The van der Waals surface area contributed by atoms with Crippen LogP contribution >= 0.6 is 0 Å². The van der Waals surface area contributed by atoms with E-state index in [4.69, 9.17) is 9.72 Å². The van der Waals surface area contributed by atoms with Gasteiger partial charge in [0.15, 0.2) is 6.10 Å². The molecule has 0 aliphatic heterocycles. The number of carbonyl (C=O) groups excluding carboxylic acids is 2. The van der Waals surface area contributed by atoms with Gasteiger partial charge in [0.25, 0.3) is 5.91 Å². The minimum Gasteiger partial charge on any atom is -0.449 e. The first kappa shape index (κ1) is 20.5. The number of hydrogen-bond acceptors (Lipinski definition) is 5. The van der Waals surface area contributed by atoms with Crippen molar-refractivity contribution in [2.75, 3.05) is 5.32 Å². The van der Waals surface area contributed by atoms with Crippen LogP contribution in [0.15, 0.2) is 48.5 Å². The zero-order valence-corrected chi connectivity index (χ0v) is 17.4. The number of nitriles is 1. The van der Waals surface area contributed by atoms with Crippen molar-refractivity contribution in [1.29, 1.82) is 5.26 Å². The van der Waals surface area contributed by atoms with Crippen LogP contribution in [-0.4, -0.2) is 23.0 Å². The lowest BCUT2D eigenvalue weighted by atomic mass is 9.97. The molecule has 0 bridgehead atoms. The zero-order valence-electron chi connectivity index (χ0n) is 17.4. The van der Waals surface area contributed by atoms with E-state index in [9.17, 15) is 14.9 Å². The first-order valence-corrected chi connectivity index (χ1v) is 10.5. The van der Waals surface area contributed by atoms with E-state index in [1.165, 1.54) is 6.92 Å². The van der Waals surface area contributed by atoms with Crippen LogP contribution in [0.5, 0.6) is 0 Å². The fraction of sp³-hybridized carbons (Fsp3) is 0.280. The topological polar surface area (TPSA) is 92.1 Å². The molecular formula is C25H23N3O3. The number of hydrogen-bond donors (Lipinski definition) is 1. The van der Waals surface area contributed by atoms with Crippen LogP contribution in [0.1, 0.15) is 53.4 Å². The molecule has 1 atom stereocenters. The molecule has 2 aromatic carbocycles. The van der Waals surface area contributed by atoms with Gasteiger partial charge < -0.3 is 10.1 Å². The molecule has 0 fully saturated rings. The Labute approximate surface area is 180 Å². The standard InChI is InChI=1S/C25H23N3O3/c1-16(24(29)28-20-12-7-5-9-17(20)15-26)31-25(30)23-18-10-3-2-4-13-21(18)27-22-14-8-6-11-19(22)23/h5-9,11-12,14,16H,2-4,10,13H2,1H3,(H,28,29). The van der Waals surface area contributed by atoms with Crippen molar-refractivity contribution in [3.63, 3.8) is 0 Å². The monoisotopic (exact) mass is 413 g/mol. The minimum atomic E-state index is -1.02. The van der Waals surface area contributed by atoms with Crippen LogP contribution in [0.3, 0.4) is 0 Å². The number of ether oxygens (including phenoxy) is 1. The van der Waals surface area contributed by atoms with Crippen molar-refractivity contribution < 1.29 is 14.3 Å². The number of aromatic nitrogens is 1. The average Bonchev–Trinajstić information content (AvgIpc) is 3.02. The van der Waals surface area contributed by atoms with Gasteiger partial charge in [0.2, 0.25) is 0 Å². The predicted molar refractivity (Wildman–Crippen MR) is 118 cm³/mol. The lowest BCUT2D eigenvalue weighted by Gasteiger charge is -2.18. The molecule has 1 amide bonds. The molecule has 1 aliphatic rings. The van der Waals surface area contributed by atoms with E-state index in [2.05, 4.69) is 5.32 Å². The number of fused-ring (bicyclic) bond motifs is 2. The fourth-order valence-corrected chi connectivity index (χ4v) is 3.98. The fourth-order valence-electron chi connectivity index (χ4n) is 3.98. The Morgan fingerprint density at radius 1 is 1.06 bits per heavy atom. The van der Waals surface area contributed by atoms with Gasteiger partial charge in [0.05, 0.1) is 22.3 Å². The number of nitrogens with zero attached hydrogens (tertiary/aromatic N) is 2. The maximum atomic E-state index is 13.3. The van der Waals surface area contributed by atoms with Gasteiger partial charge in [-0.15, -0.1) is 0 Å². The summed E-state index contributed by atoms with van der Waals surface area (Å²) in [6, 6.07) is 16.3. The van der Waals surface area contributed by atoms with Crippen molar-refractivity contribution >= 4 is 28.5 Å².